The Bertz CT molecular complexity index is 515. The van der Waals surface area contributed by atoms with Crippen LogP contribution in [0.2, 0.25) is 5.02 Å². The number of urea groups is 1. The van der Waals surface area contributed by atoms with Crippen LogP contribution in [-0.2, 0) is 0 Å². The molecule has 4 nitrogen and oxygen atoms in total. The molecule has 1 aromatic rings. The van der Waals surface area contributed by atoms with Crippen LogP contribution in [0.5, 0.6) is 0 Å². The number of carbonyl (C=O) groups is 1. The van der Waals surface area contributed by atoms with Gasteiger partial charge in [-0.25, -0.2) is 18.0 Å². The van der Waals surface area contributed by atoms with Crippen LogP contribution < -0.4 is 16.0 Å². The number of nitrogens with one attached hydrogen (secondary N) is 3. The third-order valence-electron chi connectivity index (χ3n) is 2.92. The Labute approximate surface area is 118 Å². The Kier molecular flexibility index (Phi) is 4.72. The summed E-state index contributed by atoms with van der Waals surface area (Å²) in [5.74, 6) is -1.81. The van der Waals surface area contributed by atoms with E-state index in [1.807, 2.05) is 0 Å². The predicted octanol–water partition coefficient (Wildman–Crippen LogP) is 2.44. The first-order valence-electron chi connectivity index (χ1n) is 6.02. The van der Waals surface area contributed by atoms with Crippen molar-refractivity contribution in [3.8, 4) is 0 Å². The number of carbonyl (C=O) groups excluding carboxylic acids is 1. The second-order valence-electron chi connectivity index (χ2n) is 4.52. The van der Waals surface area contributed by atoms with E-state index in [0.29, 0.717) is 12.5 Å². The monoisotopic (exact) mass is 307 g/mol. The van der Waals surface area contributed by atoms with Crippen molar-refractivity contribution in [3.63, 3.8) is 0 Å². The van der Waals surface area contributed by atoms with Crippen LogP contribution in [0.15, 0.2) is 12.1 Å². The molecule has 1 heterocycles. The topological polar surface area (TPSA) is 53.2 Å². The average molecular weight is 308 g/mol. The Morgan fingerprint density at radius 1 is 1.45 bits per heavy atom. The predicted molar refractivity (Wildman–Crippen MR) is 69.7 cm³/mol. The van der Waals surface area contributed by atoms with Crippen LogP contribution in [0.4, 0.5) is 23.7 Å². The number of benzene rings is 1. The molecule has 0 aromatic heterocycles. The standard InChI is InChI=1S/C12H13ClF3N3O/c13-11-9(16)2-6(14)3-10(11)19-12(20)18-5-8-1-7(15)4-17-8/h2-3,7-8,17H,1,4-5H2,(H2,18,19,20)/t7-,8-/m0/s1. The van der Waals surface area contributed by atoms with Gasteiger partial charge in [0.2, 0.25) is 0 Å². The van der Waals surface area contributed by atoms with E-state index in [4.69, 9.17) is 11.6 Å². The fourth-order valence-corrected chi connectivity index (χ4v) is 2.11. The highest BCUT2D eigenvalue weighted by Gasteiger charge is 2.23. The first-order chi connectivity index (χ1) is 9.45. The minimum Gasteiger partial charge on any atom is -0.336 e. The molecule has 1 aliphatic rings. The molecular weight excluding hydrogens is 295 g/mol. The van der Waals surface area contributed by atoms with Gasteiger partial charge in [-0.3, -0.25) is 0 Å². The molecule has 0 unspecified atom stereocenters. The van der Waals surface area contributed by atoms with Crippen molar-refractivity contribution in [3.05, 3.63) is 28.8 Å². The van der Waals surface area contributed by atoms with Crippen molar-refractivity contribution in [2.45, 2.75) is 18.6 Å². The lowest BCUT2D eigenvalue weighted by Gasteiger charge is -2.13. The van der Waals surface area contributed by atoms with Crippen LogP contribution in [0.1, 0.15) is 6.42 Å². The maximum absolute atomic E-state index is 13.2. The van der Waals surface area contributed by atoms with Gasteiger partial charge in [-0.15, -0.1) is 0 Å². The Morgan fingerprint density at radius 3 is 2.85 bits per heavy atom. The fourth-order valence-electron chi connectivity index (χ4n) is 1.95. The van der Waals surface area contributed by atoms with Crippen LogP contribution in [0.3, 0.4) is 0 Å². The number of hydrogen-bond acceptors (Lipinski definition) is 2. The highest BCUT2D eigenvalue weighted by atomic mass is 35.5. The van der Waals surface area contributed by atoms with Gasteiger partial charge in [0.1, 0.15) is 22.8 Å². The molecule has 2 atom stereocenters. The molecule has 2 rings (SSSR count). The first-order valence-corrected chi connectivity index (χ1v) is 6.40. The molecule has 0 bridgehead atoms. The largest absolute Gasteiger partial charge is 0.336 e. The SMILES string of the molecule is O=C(NC[C@@H]1C[C@H](F)CN1)Nc1cc(F)cc(F)c1Cl. The fraction of sp³-hybridized carbons (Fsp3) is 0.417. The second-order valence-corrected chi connectivity index (χ2v) is 4.90. The van der Waals surface area contributed by atoms with Crippen molar-refractivity contribution in [1.82, 2.24) is 10.6 Å². The zero-order chi connectivity index (χ0) is 14.7. The van der Waals surface area contributed by atoms with Gasteiger partial charge in [-0.1, -0.05) is 11.6 Å². The van der Waals surface area contributed by atoms with Gasteiger partial charge in [0.25, 0.3) is 0 Å². The molecule has 8 heteroatoms. The van der Waals surface area contributed by atoms with E-state index in [9.17, 15) is 18.0 Å². The molecule has 20 heavy (non-hydrogen) atoms. The summed E-state index contributed by atoms with van der Waals surface area (Å²) in [6, 6.07) is 0.711. The highest BCUT2D eigenvalue weighted by Crippen LogP contribution is 2.26. The second kappa shape index (κ2) is 6.32. The van der Waals surface area contributed by atoms with Crippen LogP contribution in [0, 0.1) is 11.6 Å². The minimum atomic E-state index is -0.959. The molecule has 0 spiro atoms. The molecule has 1 aliphatic heterocycles. The smallest absolute Gasteiger partial charge is 0.319 e. The van der Waals surface area contributed by atoms with Gasteiger partial charge in [-0.2, -0.15) is 0 Å². The summed E-state index contributed by atoms with van der Waals surface area (Å²) in [5.41, 5.74) is -0.163. The van der Waals surface area contributed by atoms with Crippen LogP contribution in [0.25, 0.3) is 0 Å². The van der Waals surface area contributed by atoms with Crippen molar-refractivity contribution < 1.29 is 18.0 Å². The van der Waals surface area contributed by atoms with Gasteiger partial charge < -0.3 is 16.0 Å². The molecule has 1 aromatic carbocycles. The summed E-state index contributed by atoms with van der Waals surface area (Å²) in [6.07, 6.45) is -0.605. The molecule has 1 fully saturated rings. The molecule has 0 saturated carbocycles. The maximum Gasteiger partial charge on any atom is 0.319 e. The number of amides is 2. The molecule has 1 saturated heterocycles. The number of anilines is 1. The van der Waals surface area contributed by atoms with Gasteiger partial charge in [0, 0.05) is 25.2 Å². The molecule has 0 radical (unpaired) electrons. The van der Waals surface area contributed by atoms with E-state index in [1.165, 1.54) is 0 Å². The van der Waals surface area contributed by atoms with Crippen molar-refractivity contribution in [2.75, 3.05) is 18.4 Å². The van der Waals surface area contributed by atoms with E-state index in [2.05, 4.69) is 16.0 Å². The Hall–Kier alpha value is -1.47. The summed E-state index contributed by atoms with van der Waals surface area (Å²) < 4.78 is 39.1. The number of rotatable bonds is 3. The third kappa shape index (κ3) is 3.77. The van der Waals surface area contributed by atoms with E-state index < -0.39 is 23.8 Å². The van der Waals surface area contributed by atoms with E-state index >= 15 is 0 Å². The van der Waals surface area contributed by atoms with E-state index in [0.717, 1.165) is 6.07 Å². The molecule has 110 valence electrons. The molecule has 2 amide bonds. The van der Waals surface area contributed by atoms with Gasteiger partial charge in [0.05, 0.1) is 5.69 Å². The summed E-state index contributed by atoms with van der Waals surface area (Å²) >= 11 is 5.61. The normalized spacial score (nSPS) is 21.8. The van der Waals surface area contributed by atoms with E-state index in [-0.39, 0.29) is 29.8 Å². The first kappa shape index (κ1) is 14.9. The third-order valence-corrected chi connectivity index (χ3v) is 3.30. The number of alkyl halides is 1. The molecule has 0 aliphatic carbocycles. The Balaban J connectivity index is 1.88. The lowest BCUT2D eigenvalue weighted by atomic mass is 10.2. The zero-order valence-corrected chi connectivity index (χ0v) is 11.1. The van der Waals surface area contributed by atoms with Gasteiger partial charge in [0.15, 0.2) is 0 Å². The maximum atomic E-state index is 13.2. The van der Waals surface area contributed by atoms with Gasteiger partial charge >= 0.3 is 6.03 Å². The minimum absolute atomic E-state index is 0.157. The molecular formula is C12H13ClF3N3O. The lowest BCUT2D eigenvalue weighted by Crippen LogP contribution is -2.39. The van der Waals surface area contributed by atoms with Gasteiger partial charge in [-0.05, 0) is 12.5 Å². The quantitative estimate of drug-likeness (QED) is 0.751. The van der Waals surface area contributed by atoms with Crippen molar-refractivity contribution in [2.24, 2.45) is 0 Å². The number of halogens is 4. The summed E-state index contributed by atoms with van der Waals surface area (Å²) in [4.78, 5) is 11.6. The average Bonchev–Trinajstić information content (AvgIpc) is 2.79. The molecule has 3 N–H and O–H groups in total. The lowest BCUT2D eigenvalue weighted by molar-refractivity contribution is 0.251. The highest BCUT2D eigenvalue weighted by molar-refractivity contribution is 6.33. The Morgan fingerprint density at radius 2 is 2.20 bits per heavy atom. The zero-order valence-electron chi connectivity index (χ0n) is 10.4. The summed E-state index contributed by atoms with van der Waals surface area (Å²) in [6.45, 7) is 0.469. The van der Waals surface area contributed by atoms with Crippen molar-refractivity contribution >= 4 is 23.3 Å². The van der Waals surface area contributed by atoms with Crippen LogP contribution >= 0.6 is 11.6 Å². The number of hydrogen-bond donors (Lipinski definition) is 3. The summed E-state index contributed by atoms with van der Waals surface area (Å²) in [7, 11) is 0. The van der Waals surface area contributed by atoms with Crippen LogP contribution in [-0.4, -0.2) is 31.3 Å². The van der Waals surface area contributed by atoms with E-state index in [1.54, 1.807) is 0 Å². The van der Waals surface area contributed by atoms with Crippen molar-refractivity contribution in [1.29, 1.82) is 0 Å². The summed E-state index contributed by atoms with van der Waals surface area (Å²) in [5, 5.41) is 7.24.